The van der Waals surface area contributed by atoms with Gasteiger partial charge in [-0.25, -0.2) is 8.78 Å². The van der Waals surface area contributed by atoms with Gasteiger partial charge in [0.2, 0.25) is 5.91 Å². The zero-order valence-electron chi connectivity index (χ0n) is 10.6. The van der Waals surface area contributed by atoms with Crippen molar-refractivity contribution >= 4 is 11.6 Å². The number of carbonyl (C=O) groups excluding carboxylic acids is 1. The first-order valence-electron chi connectivity index (χ1n) is 5.91. The molecule has 0 saturated heterocycles. The van der Waals surface area contributed by atoms with Crippen LogP contribution in [0.3, 0.4) is 0 Å². The lowest BCUT2D eigenvalue weighted by atomic mass is 10.1. The summed E-state index contributed by atoms with van der Waals surface area (Å²) in [5.41, 5.74) is 5.78. The van der Waals surface area contributed by atoms with Crippen molar-refractivity contribution in [2.75, 3.05) is 18.0 Å². The van der Waals surface area contributed by atoms with E-state index >= 15 is 0 Å². The Labute approximate surface area is 106 Å². The molecule has 0 spiro atoms. The van der Waals surface area contributed by atoms with Crippen LogP contribution in [-0.2, 0) is 4.79 Å². The van der Waals surface area contributed by atoms with Crippen molar-refractivity contribution in [2.45, 2.75) is 20.3 Å². The number of hydrogen-bond acceptors (Lipinski definition) is 2. The van der Waals surface area contributed by atoms with Crippen LogP contribution < -0.4 is 10.6 Å². The topological polar surface area (TPSA) is 46.3 Å². The van der Waals surface area contributed by atoms with Crippen molar-refractivity contribution in [3.63, 3.8) is 0 Å². The van der Waals surface area contributed by atoms with Gasteiger partial charge in [0, 0.05) is 31.3 Å². The number of hydrogen-bond donors (Lipinski definition) is 1. The lowest BCUT2D eigenvalue weighted by Crippen LogP contribution is -2.36. The lowest BCUT2D eigenvalue weighted by molar-refractivity contribution is -0.119. The third-order valence-electron chi connectivity index (χ3n) is 2.45. The van der Waals surface area contributed by atoms with Gasteiger partial charge in [0.05, 0.1) is 0 Å². The largest absolute Gasteiger partial charge is 0.329 e. The van der Waals surface area contributed by atoms with E-state index in [0.29, 0.717) is 12.1 Å². The van der Waals surface area contributed by atoms with E-state index < -0.39 is 11.6 Å². The van der Waals surface area contributed by atoms with Crippen LogP contribution in [-0.4, -0.2) is 19.0 Å². The number of benzene rings is 1. The Kier molecular flexibility index (Phi) is 5.22. The zero-order chi connectivity index (χ0) is 13.7. The third kappa shape index (κ3) is 3.77. The lowest BCUT2D eigenvalue weighted by Gasteiger charge is -2.23. The van der Waals surface area contributed by atoms with Gasteiger partial charge in [0.1, 0.15) is 0 Å². The van der Waals surface area contributed by atoms with Crippen LogP contribution >= 0.6 is 0 Å². The predicted octanol–water partition coefficient (Wildman–Crippen LogP) is 2.30. The average Bonchev–Trinajstić information content (AvgIpc) is 2.29. The molecule has 0 saturated carbocycles. The number of nitrogens with two attached hydrogens (primary N) is 1. The van der Waals surface area contributed by atoms with Crippen molar-refractivity contribution in [1.82, 2.24) is 0 Å². The second-order valence-corrected chi connectivity index (χ2v) is 4.53. The van der Waals surface area contributed by atoms with E-state index in [0.717, 1.165) is 12.1 Å². The fourth-order valence-electron chi connectivity index (χ4n) is 1.64. The molecule has 0 aliphatic heterocycles. The minimum Gasteiger partial charge on any atom is -0.329 e. The molecule has 0 aromatic heterocycles. The van der Waals surface area contributed by atoms with Gasteiger partial charge in [-0.2, -0.15) is 0 Å². The third-order valence-corrected chi connectivity index (χ3v) is 2.45. The summed E-state index contributed by atoms with van der Waals surface area (Å²) in [6.45, 7) is 4.40. The fraction of sp³-hybridized carbons (Fsp3) is 0.462. The van der Waals surface area contributed by atoms with Crippen LogP contribution in [0.1, 0.15) is 20.3 Å². The minimum absolute atomic E-state index is 0.138. The van der Waals surface area contributed by atoms with Gasteiger partial charge in [0.15, 0.2) is 11.6 Å². The zero-order valence-corrected chi connectivity index (χ0v) is 10.6. The monoisotopic (exact) mass is 256 g/mol. The molecule has 100 valence electrons. The van der Waals surface area contributed by atoms with Gasteiger partial charge >= 0.3 is 0 Å². The molecule has 1 aromatic carbocycles. The predicted molar refractivity (Wildman–Crippen MR) is 67.2 cm³/mol. The summed E-state index contributed by atoms with van der Waals surface area (Å²) in [4.78, 5) is 13.4. The van der Waals surface area contributed by atoms with Crippen LogP contribution in [0.25, 0.3) is 0 Å². The molecule has 18 heavy (non-hydrogen) atoms. The van der Waals surface area contributed by atoms with Gasteiger partial charge in [-0.1, -0.05) is 13.8 Å². The molecule has 0 radical (unpaired) electrons. The van der Waals surface area contributed by atoms with E-state index in [4.69, 9.17) is 5.73 Å². The van der Waals surface area contributed by atoms with E-state index in [1.54, 1.807) is 0 Å². The fourth-order valence-corrected chi connectivity index (χ4v) is 1.64. The molecule has 0 unspecified atom stereocenters. The Balaban J connectivity index is 2.96. The van der Waals surface area contributed by atoms with E-state index in [1.165, 1.54) is 11.0 Å². The second kappa shape index (κ2) is 6.44. The van der Waals surface area contributed by atoms with Gasteiger partial charge in [-0.3, -0.25) is 4.79 Å². The number of anilines is 1. The van der Waals surface area contributed by atoms with Crippen molar-refractivity contribution in [1.29, 1.82) is 0 Å². The molecule has 1 amide bonds. The van der Waals surface area contributed by atoms with Crippen LogP contribution in [0, 0.1) is 17.6 Å². The van der Waals surface area contributed by atoms with Gasteiger partial charge in [-0.05, 0) is 18.1 Å². The Bertz CT molecular complexity index is 421. The van der Waals surface area contributed by atoms with E-state index in [9.17, 15) is 13.6 Å². The highest BCUT2D eigenvalue weighted by atomic mass is 19.2. The molecule has 0 fully saturated rings. The van der Waals surface area contributed by atoms with Crippen molar-refractivity contribution in [2.24, 2.45) is 11.7 Å². The Morgan fingerprint density at radius 3 is 2.50 bits per heavy atom. The highest BCUT2D eigenvalue weighted by Crippen LogP contribution is 2.19. The molecule has 0 bridgehead atoms. The number of halogens is 2. The average molecular weight is 256 g/mol. The van der Waals surface area contributed by atoms with E-state index in [2.05, 4.69) is 0 Å². The summed E-state index contributed by atoms with van der Waals surface area (Å²) in [6.07, 6.45) is 0.346. The molecule has 2 N–H and O–H groups in total. The van der Waals surface area contributed by atoms with Gasteiger partial charge in [0.25, 0.3) is 0 Å². The number of amides is 1. The molecule has 3 nitrogen and oxygen atoms in total. The SMILES string of the molecule is CC(C)CC(=O)N(CCN)c1ccc(F)c(F)c1. The minimum atomic E-state index is -0.966. The second-order valence-electron chi connectivity index (χ2n) is 4.53. The normalized spacial score (nSPS) is 10.8. The Hall–Kier alpha value is -1.49. The van der Waals surface area contributed by atoms with E-state index in [1.807, 2.05) is 13.8 Å². The number of rotatable bonds is 5. The van der Waals surface area contributed by atoms with Crippen molar-refractivity contribution in [3.05, 3.63) is 29.8 Å². The first-order chi connectivity index (χ1) is 8.45. The molecular weight excluding hydrogens is 238 g/mol. The molecule has 5 heteroatoms. The summed E-state index contributed by atoms with van der Waals surface area (Å²) in [5.74, 6) is -1.83. The number of carbonyl (C=O) groups is 1. The van der Waals surface area contributed by atoms with Crippen molar-refractivity contribution in [3.8, 4) is 0 Å². The maximum Gasteiger partial charge on any atom is 0.227 e. The summed E-state index contributed by atoms with van der Waals surface area (Å²) < 4.78 is 26.0. The maximum atomic E-state index is 13.2. The van der Waals surface area contributed by atoms with Crippen molar-refractivity contribution < 1.29 is 13.6 Å². The standard InChI is InChI=1S/C13H18F2N2O/c1-9(2)7-13(18)17(6-5-16)10-3-4-11(14)12(15)8-10/h3-4,8-9H,5-7,16H2,1-2H3. The Morgan fingerprint density at radius 1 is 1.33 bits per heavy atom. The molecule has 0 heterocycles. The molecular formula is C13H18F2N2O. The smallest absolute Gasteiger partial charge is 0.227 e. The summed E-state index contributed by atoms with van der Waals surface area (Å²) in [7, 11) is 0. The van der Waals surface area contributed by atoms with Crippen LogP contribution in [0.15, 0.2) is 18.2 Å². The first kappa shape index (κ1) is 14.6. The Morgan fingerprint density at radius 2 is 2.00 bits per heavy atom. The first-order valence-corrected chi connectivity index (χ1v) is 5.91. The molecule has 1 aromatic rings. The molecule has 0 atom stereocenters. The highest BCUT2D eigenvalue weighted by molar-refractivity contribution is 5.93. The summed E-state index contributed by atoms with van der Waals surface area (Å²) in [5, 5.41) is 0. The summed E-state index contributed by atoms with van der Waals surface area (Å²) in [6, 6.07) is 3.41. The van der Waals surface area contributed by atoms with Crippen LogP contribution in [0.4, 0.5) is 14.5 Å². The molecule has 0 aliphatic carbocycles. The van der Waals surface area contributed by atoms with Gasteiger partial charge < -0.3 is 10.6 Å². The van der Waals surface area contributed by atoms with Gasteiger partial charge in [-0.15, -0.1) is 0 Å². The van der Waals surface area contributed by atoms with Crippen LogP contribution in [0.2, 0.25) is 0 Å². The van der Waals surface area contributed by atoms with Crippen LogP contribution in [0.5, 0.6) is 0 Å². The molecule has 0 aliphatic rings. The highest BCUT2D eigenvalue weighted by Gasteiger charge is 2.17. The quantitative estimate of drug-likeness (QED) is 0.878. The number of nitrogens with zero attached hydrogens (tertiary/aromatic N) is 1. The summed E-state index contributed by atoms with van der Waals surface area (Å²) >= 11 is 0. The maximum absolute atomic E-state index is 13.2. The van der Waals surface area contributed by atoms with E-state index in [-0.39, 0.29) is 24.9 Å². The molecule has 1 rings (SSSR count).